The predicted octanol–water partition coefficient (Wildman–Crippen LogP) is 3.83. The molecule has 5 heterocycles. The van der Waals surface area contributed by atoms with Crippen LogP contribution in [0.2, 0.25) is 0 Å². The Labute approximate surface area is 226 Å². The Morgan fingerprint density at radius 2 is 1.92 bits per heavy atom. The highest BCUT2D eigenvalue weighted by Gasteiger charge is 2.38. The summed E-state index contributed by atoms with van der Waals surface area (Å²) in [6, 6.07) is 1.34. The van der Waals surface area contributed by atoms with E-state index in [1.807, 2.05) is 10.9 Å². The second kappa shape index (κ2) is 9.55. The number of carbonyl (C=O) groups is 1. The minimum absolute atomic E-state index is 0.0676. The normalized spacial score (nSPS) is 20.4. The SMILES string of the molecule is CN1CCC(n2cc(Nc3ncc(C(F)(F)F)c(-c4cc5c(s4)C(=O)NCCS5(=O)=O)n3)c(C3CC3)n2)CC1. The first-order chi connectivity index (χ1) is 18.5. The van der Waals surface area contributed by atoms with Crippen LogP contribution < -0.4 is 10.6 Å². The Bertz CT molecular complexity index is 1540. The molecule has 1 aliphatic carbocycles. The second-order valence-electron chi connectivity index (χ2n) is 10.2. The molecule has 2 fully saturated rings. The average Bonchev–Trinajstić information content (AvgIpc) is 3.49. The first-order valence-corrected chi connectivity index (χ1v) is 15.1. The molecule has 0 bridgehead atoms. The van der Waals surface area contributed by atoms with E-state index in [9.17, 15) is 26.4 Å². The van der Waals surface area contributed by atoms with E-state index in [0.29, 0.717) is 23.2 Å². The van der Waals surface area contributed by atoms with Crippen molar-refractivity contribution >= 4 is 38.7 Å². The smallest absolute Gasteiger partial charge is 0.350 e. The van der Waals surface area contributed by atoms with Crippen molar-refractivity contribution in [3.63, 3.8) is 0 Å². The molecule has 2 aliphatic heterocycles. The topological polar surface area (TPSA) is 122 Å². The predicted molar refractivity (Wildman–Crippen MR) is 138 cm³/mol. The van der Waals surface area contributed by atoms with E-state index in [2.05, 4.69) is 32.5 Å². The number of rotatable bonds is 5. The molecule has 3 aromatic heterocycles. The fraction of sp³-hybridized carbons (Fsp3) is 0.500. The molecule has 0 radical (unpaired) electrons. The van der Waals surface area contributed by atoms with Crippen molar-refractivity contribution in [1.29, 1.82) is 0 Å². The highest BCUT2D eigenvalue weighted by Crippen LogP contribution is 2.45. The number of sulfone groups is 1. The lowest BCUT2D eigenvalue weighted by Crippen LogP contribution is -2.31. The number of nitrogens with one attached hydrogen (secondary N) is 2. The number of alkyl halides is 3. The van der Waals surface area contributed by atoms with E-state index in [4.69, 9.17) is 5.10 Å². The van der Waals surface area contributed by atoms with Crippen molar-refractivity contribution in [2.24, 2.45) is 0 Å². The number of halogens is 3. The molecule has 10 nitrogen and oxygen atoms in total. The van der Waals surface area contributed by atoms with Gasteiger partial charge in [0.25, 0.3) is 5.91 Å². The highest BCUT2D eigenvalue weighted by atomic mass is 32.2. The molecule has 1 amide bonds. The van der Waals surface area contributed by atoms with E-state index in [1.165, 1.54) is 0 Å². The molecule has 39 heavy (non-hydrogen) atoms. The van der Waals surface area contributed by atoms with Gasteiger partial charge in [-0.1, -0.05) is 0 Å². The Morgan fingerprint density at radius 3 is 2.62 bits per heavy atom. The maximum atomic E-state index is 14.0. The number of piperidine rings is 1. The second-order valence-corrected chi connectivity index (χ2v) is 13.3. The number of hydrogen-bond acceptors (Lipinski definition) is 9. The molecular weight excluding hydrogens is 555 g/mol. The van der Waals surface area contributed by atoms with Crippen LogP contribution >= 0.6 is 11.3 Å². The van der Waals surface area contributed by atoms with Crippen LogP contribution in [0.3, 0.4) is 0 Å². The van der Waals surface area contributed by atoms with Gasteiger partial charge in [-0.25, -0.2) is 18.4 Å². The first kappa shape index (κ1) is 26.2. The third-order valence-corrected chi connectivity index (χ3v) is 10.3. The number of nitrogens with zero attached hydrogens (tertiary/aromatic N) is 5. The molecule has 2 N–H and O–H groups in total. The summed E-state index contributed by atoms with van der Waals surface area (Å²) in [6.07, 6.45) is 1.61. The maximum absolute atomic E-state index is 14.0. The van der Waals surface area contributed by atoms with Crippen molar-refractivity contribution in [3.8, 4) is 10.6 Å². The fourth-order valence-corrected chi connectivity index (χ4v) is 7.75. The fourth-order valence-electron chi connectivity index (χ4n) is 4.93. The Kier molecular flexibility index (Phi) is 6.42. The summed E-state index contributed by atoms with van der Waals surface area (Å²) in [5.74, 6) is -0.779. The minimum atomic E-state index is -4.80. The van der Waals surface area contributed by atoms with Gasteiger partial charge in [-0.3, -0.25) is 9.48 Å². The lowest BCUT2D eigenvalue weighted by atomic mass is 10.1. The largest absolute Gasteiger partial charge is 0.420 e. The summed E-state index contributed by atoms with van der Waals surface area (Å²) in [6.45, 7) is 1.84. The molecule has 0 atom stereocenters. The molecule has 0 unspecified atom stereocenters. The summed E-state index contributed by atoms with van der Waals surface area (Å²) < 4.78 is 69.2. The molecule has 3 aliphatic rings. The lowest BCUT2D eigenvalue weighted by Gasteiger charge is -2.29. The van der Waals surface area contributed by atoms with Crippen LogP contribution in [0.4, 0.5) is 24.8 Å². The van der Waals surface area contributed by atoms with Gasteiger partial charge in [0.05, 0.1) is 38.6 Å². The van der Waals surface area contributed by atoms with E-state index >= 15 is 0 Å². The zero-order chi connectivity index (χ0) is 27.5. The quantitative estimate of drug-likeness (QED) is 0.467. The Balaban J connectivity index is 1.38. The zero-order valence-corrected chi connectivity index (χ0v) is 22.6. The van der Waals surface area contributed by atoms with E-state index < -0.39 is 33.2 Å². The van der Waals surface area contributed by atoms with Crippen LogP contribution in [0.5, 0.6) is 0 Å². The third kappa shape index (κ3) is 5.14. The maximum Gasteiger partial charge on any atom is 0.420 e. The zero-order valence-electron chi connectivity index (χ0n) is 21.0. The van der Waals surface area contributed by atoms with E-state index in [1.54, 1.807) is 0 Å². The van der Waals surface area contributed by atoms with E-state index in [0.717, 1.165) is 50.5 Å². The molecule has 1 saturated carbocycles. The molecule has 0 spiro atoms. The van der Waals surface area contributed by atoms with Gasteiger partial charge >= 0.3 is 6.18 Å². The standard InChI is InChI=1S/C24H26F3N7O3S2/c1-33-7-4-14(5-8-33)34-12-16(19(32-34)13-2-3-13)30-23-29-11-15(24(25,26)27)20(31-23)17-10-18-21(38-17)22(35)28-6-9-39(18,36)37/h10-14H,2-9H2,1H3,(H,28,35)(H,29,30,31). The molecule has 3 aromatic rings. The van der Waals surface area contributed by atoms with Gasteiger partial charge in [0, 0.05) is 24.9 Å². The summed E-state index contributed by atoms with van der Waals surface area (Å²) >= 11 is 0.669. The molecule has 1 saturated heterocycles. The number of aromatic nitrogens is 4. The molecular formula is C24H26F3N7O3S2. The van der Waals surface area contributed by atoms with Crippen molar-refractivity contribution < 1.29 is 26.4 Å². The lowest BCUT2D eigenvalue weighted by molar-refractivity contribution is -0.137. The first-order valence-electron chi connectivity index (χ1n) is 12.6. The van der Waals surface area contributed by atoms with Gasteiger partial charge in [0.15, 0.2) is 9.84 Å². The highest BCUT2D eigenvalue weighted by molar-refractivity contribution is 7.91. The van der Waals surface area contributed by atoms with Gasteiger partial charge < -0.3 is 15.5 Å². The average molecular weight is 582 g/mol. The van der Waals surface area contributed by atoms with Gasteiger partial charge in [0.2, 0.25) is 5.95 Å². The molecule has 15 heteroatoms. The van der Waals surface area contributed by atoms with Crippen LogP contribution in [-0.2, 0) is 16.0 Å². The Morgan fingerprint density at radius 1 is 1.18 bits per heavy atom. The molecule has 6 rings (SSSR count). The van der Waals surface area contributed by atoms with E-state index in [-0.39, 0.29) is 44.9 Å². The van der Waals surface area contributed by atoms with Crippen LogP contribution in [0.15, 0.2) is 23.4 Å². The summed E-state index contributed by atoms with van der Waals surface area (Å²) in [5.41, 5.74) is -0.126. The number of anilines is 2. The molecule has 208 valence electrons. The number of fused-ring (bicyclic) bond motifs is 1. The van der Waals surface area contributed by atoms with Crippen molar-refractivity contribution in [2.45, 2.75) is 48.7 Å². The molecule has 0 aromatic carbocycles. The van der Waals surface area contributed by atoms with Gasteiger partial charge in [-0.05, 0) is 51.9 Å². The van der Waals surface area contributed by atoms with Crippen LogP contribution in [-0.4, -0.2) is 71.4 Å². The van der Waals surface area contributed by atoms with Crippen LogP contribution in [0.25, 0.3) is 10.6 Å². The minimum Gasteiger partial charge on any atom is -0.350 e. The van der Waals surface area contributed by atoms with Crippen molar-refractivity contribution in [2.75, 3.05) is 37.8 Å². The third-order valence-electron chi connectivity index (χ3n) is 7.26. The van der Waals surface area contributed by atoms with Crippen LogP contribution in [0.1, 0.15) is 58.6 Å². The number of hydrogen-bond donors (Lipinski definition) is 2. The van der Waals surface area contributed by atoms with Gasteiger partial charge in [0.1, 0.15) is 10.4 Å². The number of amides is 1. The van der Waals surface area contributed by atoms with Gasteiger partial charge in [-0.2, -0.15) is 18.3 Å². The monoisotopic (exact) mass is 581 g/mol. The Hall–Kier alpha value is -3.04. The number of likely N-dealkylation sites (tertiary alicyclic amines) is 1. The summed E-state index contributed by atoms with van der Waals surface area (Å²) in [5, 5.41) is 10.4. The number of carbonyl (C=O) groups excluding carboxylic acids is 1. The summed E-state index contributed by atoms with van der Waals surface area (Å²) in [4.78, 5) is 22.3. The van der Waals surface area contributed by atoms with Gasteiger partial charge in [-0.15, -0.1) is 11.3 Å². The van der Waals surface area contributed by atoms with Crippen molar-refractivity contribution in [1.82, 2.24) is 30.0 Å². The van der Waals surface area contributed by atoms with Crippen LogP contribution in [0, 0.1) is 0 Å². The number of thiophene rings is 1. The van der Waals surface area contributed by atoms with Crippen molar-refractivity contribution in [3.05, 3.63) is 34.6 Å². The summed E-state index contributed by atoms with van der Waals surface area (Å²) in [7, 11) is -1.77.